The largest absolute Gasteiger partial charge is 0.417 e. The van der Waals surface area contributed by atoms with Gasteiger partial charge in [0.15, 0.2) is 0 Å². The zero-order valence-corrected chi connectivity index (χ0v) is 13.5. The number of anilines is 1. The summed E-state index contributed by atoms with van der Waals surface area (Å²) in [5.74, 6) is 5.61. The van der Waals surface area contributed by atoms with E-state index in [-0.39, 0.29) is 0 Å². The molecule has 0 bridgehead atoms. The van der Waals surface area contributed by atoms with Crippen molar-refractivity contribution in [1.82, 2.24) is 0 Å². The first-order chi connectivity index (χ1) is 11.8. The van der Waals surface area contributed by atoms with Crippen molar-refractivity contribution in [2.24, 2.45) is 0 Å². The Hall–Kier alpha value is -2.73. The van der Waals surface area contributed by atoms with Crippen LogP contribution in [0.3, 0.4) is 0 Å². The van der Waals surface area contributed by atoms with E-state index in [9.17, 15) is 4.79 Å². The molecular weight excluding hydrogens is 298 g/mol. The van der Waals surface area contributed by atoms with Crippen molar-refractivity contribution < 1.29 is 9.53 Å². The topological polar surface area (TPSA) is 29.5 Å². The predicted octanol–water partition coefficient (Wildman–Crippen LogP) is 3.34. The van der Waals surface area contributed by atoms with Gasteiger partial charge in [-0.1, -0.05) is 30.2 Å². The van der Waals surface area contributed by atoms with E-state index in [1.54, 1.807) is 0 Å². The maximum atomic E-state index is 12.1. The highest BCUT2D eigenvalue weighted by molar-refractivity contribution is 5.91. The summed E-state index contributed by atoms with van der Waals surface area (Å²) >= 11 is 0. The van der Waals surface area contributed by atoms with Gasteiger partial charge in [0.1, 0.15) is 5.75 Å². The van der Waals surface area contributed by atoms with Crippen LogP contribution in [0.1, 0.15) is 29.5 Å². The molecule has 2 heterocycles. The lowest BCUT2D eigenvalue weighted by Gasteiger charge is -2.37. The highest BCUT2D eigenvalue weighted by Gasteiger charge is 2.26. The van der Waals surface area contributed by atoms with E-state index in [0.717, 1.165) is 37.9 Å². The number of hydrogen-bond donors (Lipinski definition) is 0. The molecule has 3 heteroatoms. The van der Waals surface area contributed by atoms with Crippen LogP contribution in [0.5, 0.6) is 5.75 Å². The molecule has 2 aliphatic heterocycles. The summed E-state index contributed by atoms with van der Waals surface area (Å²) < 4.78 is 5.57. The van der Waals surface area contributed by atoms with E-state index >= 15 is 0 Å². The van der Waals surface area contributed by atoms with Gasteiger partial charge in [-0.2, -0.15) is 0 Å². The summed E-state index contributed by atoms with van der Waals surface area (Å²) in [6.07, 6.45) is 4.39. The molecule has 0 N–H and O–H groups in total. The smallest absolute Gasteiger partial charge is 0.390 e. The fraction of sp³-hybridized carbons (Fsp3) is 0.286. The third kappa shape index (κ3) is 2.88. The van der Waals surface area contributed by atoms with Gasteiger partial charge < -0.3 is 9.64 Å². The average molecular weight is 317 g/mol. The molecule has 2 aromatic rings. The second-order valence-corrected chi connectivity index (χ2v) is 6.25. The molecule has 0 atom stereocenters. The van der Waals surface area contributed by atoms with Crippen molar-refractivity contribution in [2.45, 2.75) is 25.7 Å². The normalized spacial score (nSPS) is 15.1. The molecule has 120 valence electrons. The average Bonchev–Trinajstić information content (AvgIpc) is 2.63. The molecule has 0 unspecified atom stereocenters. The van der Waals surface area contributed by atoms with Gasteiger partial charge in [-0.15, -0.1) is 0 Å². The molecule has 0 radical (unpaired) electrons. The highest BCUT2D eigenvalue weighted by atomic mass is 16.5. The van der Waals surface area contributed by atoms with Gasteiger partial charge in [0, 0.05) is 35.8 Å². The third-order valence-electron chi connectivity index (χ3n) is 4.65. The van der Waals surface area contributed by atoms with Gasteiger partial charge in [-0.3, -0.25) is 0 Å². The van der Waals surface area contributed by atoms with Crippen LogP contribution in [0.2, 0.25) is 0 Å². The molecule has 0 saturated heterocycles. The Morgan fingerprint density at radius 3 is 2.62 bits per heavy atom. The Kier molecular flexibility index (Phi) is 3.96. The number of ether oxygens (including phenoxy) is 1. The maximum Gasteiger partial charge on any atom is 0.390 e. The minimum absolute atomic E-state index is 0.497. The van der Waals surface area contributed by atoms with Gasteiger partial charge >= 0.3 is 5.97 Å². The standard InChI is InChI=1S/C21H19NO2/c23-20(13-10-16-6-2-1-3-7-16)24-19-12-11-17-8-4-14-22-15-5-9-18(19)21(17)22/h1-3,6-7,11-12H,4-5,8-9,14-15H2. The number of hydrogen-bond acceptors (Lipinski definition) is 3. The number of benzene rings is 2. The molecule has 4 rings (SSSR count). The number of aryl methyl sites for hydroxylation is 1. The van der Waals surface area contributed by atoms with E-state index < -0.39 is 5.97 Å². The summed E-state index contributed by atoms with van der Waals surface area (Å²) in [6.45, 7) is 2.20. The molecule has 2 aromatic carbocycles. The molecule has 0 aromatic heterocycles. The quantitative estimate of drug-likeness (QED) is 0.459. The van der Waals surface area contributed by atoms with Crippen molar-refractivity contribution >= 4 is 11.7 Å². The van der Waals surface area contributed by atoms with Crippen molar-refractivity contribution in [1.29, 1.82) is 0 Å². The Morgan fingerprint density at radius 1 is 1.00 bits per heavy atom. The van der Waals surface area contributed by atoms with Crippen LogP contribution in [0.4, 0.5) is 5.69 Å². The Morgan fingerprint density at radius 2 is 1.79 bits per heavy atom. The van der Waals surface area contributed by atoms with Gasteiger partial charge in [0.2, 0.25) is 0 Å². The molecule has 3 nitrogen and oxygen atoms in total. The van der Waals surface area contributed by atoms with Crippen LogP contribution in [0.15, 0.2) is 42.5 Å². The minimum atomic E-state index is -0.497. The third-order valence-corrected chi connectivity index (χ3v) is 4.65. The highest BCUT2D eigenvalue weighted by Crippen LogP contribution is 2.40. The van der Waals surface area contributed by atoms with Crippen LogP contribution in [-0.4, -0.2) is 19.1 Å². The molecular formula is C21H19NO2. The molecule has 2 aliphatic rings. The number of rotatable bonds is 1. The van der Waals surface area contributed by atoms with E-state index in [1.165, 1.54) is 23.2 Å². The van der Waals surface area contributed by atoms with Crippen LogP contribution >= 0.6 is 0 Å². The second-order valence-electron chi connectivity index (χ2n) is 6.25. The van der Waals surface area contributed by atoms with Crippen LogP contribution in [-0.2, 0) is 17.6 Å². The van der Waals surface area contributed by atoms with Gasteiger partial charge in [0.05, 0.1) is 0 Å². The summed E-state index contributed by atoms with van der Waals surface area (Å²) in [5, 5.41) is 0. The number of carbonyl (C=O) groups is 1. The Labute approximate surface area is 142 Å². The number of nitrogens with zero attached hydrogens (tertiary/aromatic N) is 1. The zero-order chi connectivity index (χ0) is 16.4. The SMILES string of the molecule is O=C(C#Cc1ccccc1)Oc1ccc2c3c1CCCN3CCC2. The molecule has 0 saturated carbocycles. The molecule has 0 fully saturated rings. The van der Waals surface area contributed by atoms with Crippen molar-refractivity contribution in [3.05, 3.63) is 59.2 Å². The van der Waals surface area contributed by atoms with E-state index in [4.69, 9.17) is 4.74 Å². The lowest BCUT2D eigenvalue weighted by atomic mass is 9.91. The van der Waals surface area contributed by atoms with Crippen LogP contribution < -0.4 is 9.64 Å². The van der Waals surface area contributed by atoms with E-state index in [0.29, 0.717) is 5.75 Å². The van der Waals surface area contributed by atoms with Gasteiger partial charge in [0.25, 0.3) is 0 Å². The monoisotopic (exact) mass is 317 g/mol. The first-order valence-corrected chi connectivity index (χ1v) is 8.50. The summed E-state index contributed by atoms with van der Waals surface area (Å²) in [4.78, 5) is 14.5. The molecule has 24 heavy (non-hydrogen) atoms. The minimum Gasteiger partial charge on any atom is -0.417 e. The number of esters is 1. The van der Waals surface area contributed by atoms with Crippen molar-refractivity contribution in [2.75, 3.05) is 18.0 Å². The molecule has 0 amide bonds. The van der Waals surface area contributed by atoms with Crippen LogP contribution in [0.25, 0.3) is 0 Å². The van der Waals surface area contributed by atoms with Crippen molar-refractivity contribution in [3.63, 3.8) is 0 Å². The number of carbonyl (C=O) groups excluding carboxylic acids is 1. The Bertz CT molecular complexity index is 828. The molecule has 0 spiro atoms. The molecule has 0 aliphatic carbocycles. The van der Waals surface area contributed by atoms with Crippen LogP contribution in [0, 0.1) is 11.8 Å². The van der Waals surface area contributed by atoms with E-state index in [1.807, 2.05) is 36.4 Å². The lowest BCUT2D eigenvalue weighted by molar-refractivity contribution is -0.128. The first-order valence-electron chi connectivity index (χ1n) is 8.50. The zero-order valence-electron chi connectivity index (χ0n) is 13.5. The predicted molar refractivity (Wildman–Crippen MR) is 94.3 cm³/mol. The summed E-state index contributed by atoms with van der Waals surface area (Å²) in [5.41, 5.74) is 4.67. The Balaban J connectivity index is 1.59. The second kappa shape index (κ2) is 6.41. The van der Waals surface area contributed by atoms with Gasteiger partial charge in [-0.05, 0) is 49.4 Å². The summed E-state index contributed by atoms with van der Waals surface area (Å²) in [7, 11) is 0. The van der Waals surface area contributed by atoms with Crippen molar-refractivity contribution in [3.8, 4) is 17.6 Å². The summed E-state index contributed by atoms with van der Waals surface area (Å²) in [6, 6.07) is 13.5. The van der Waals surface area contributed by atoms with Gasteiger partial charge in [-0.25, -0.2) is 4.79 Å². The maximum absolute atomic E-state index is 12.1. The first kappa shape index (κ1) is 14.8. The van der Waals surface area contributed by atoms with E-state index in [2.05, 4.69) is 22.8 Å². The fourth-order valence-corrected chi connectivity index (χ4v) is 3.61. The fourth-order valence-electron chi connectivity index (χ4n) is 3.61. The lowest BCUT2D eigenvalue weighted by Crippen LogP contribution is -2.34.